The average Bonchev–Trinajstić information content (AvgIpc) is 2.40. The Hall–Kier alpha value is -1.86. The lowest BCUT2D eigenvalue weighted by atomic mass is 10.1. The number of nitro benzene ring substituents is 1. The van der Waals surface area contributed by atoms with Crippen LogP contribution in [0.4, 0.5) is 11.4 Å². The number of para-hydroxylation sites is 1. The van der Waals surface area contributed by atoms with Crippen molar-refractivity contribution in [2.45, 2.75) is 18.9 Å². The minimum absolute atomic E-state index is 0.0166. The molecule has 0 amide bonds. The Balaban J connectivity index is 2.17. The number of benzene rings is 1. The van der Waals surface area contributed by atoms with E-state index in [1.807, 2.05) is 0 Å². The molecular weight excluding hydrogens is 248 g/mol. The van der Waals surface area contributed by atoms with Gasteiger partial charge in [-0.1, -0.05) is 6.07 Å². The number of nitrogens with zero attached hydrogens (tertiary/aromatic N) is 2. The van der Waals surface area contributed by atoms with Crippen molar-refractivity contribution < 1.29 is 9.66 Å². The van der Waals surface area contributed by atoms with Crippen molar-refractivity contribution in [3.8, 4) is 5.75 Å². The summed E-state index contributed by atoms with van der Waals surface area (Å²) in [4.78, 5) is 12.9. The minimum atomic E-state index is -0.473. The Morgan fingerprint density at radius 2 is 2.16 bits per heavy atom. The molecule has 19 heavy (non-hydrogen) atoms. The Morgan fingerprint density at radius 3 is 2.74 bits per heavy atom. The smallest absolute Gasteiger partial charge is 0.335 e. The maximum Gasteiger partial charge on any atom is 0.335 e. The zero-order valence-electron chi connectivity index (χ0n) is 10.8. The molecule has 7 heteroatoms. The lowest BCUT2D eigenvalue weighted by Crippen LogP contribution is -2.35. The van der Waals surface area contributed by atoms with Gasteiger partial charge in [0.1, 0.15) is 11.8 Å². The fourth-order valence-corrected chi connectivity index (χ4v) is 2.20. The van der Waals surface area contributed by atoms with Crippen molar-refractivity contribution in [3.63, 3.8) is 0 Å². The fourth-order valence-electron chi connectivity index (χ4n) is 2.20. The lowest BCUT2D eigenvalue weighted by Gasteiger charge is -2.29. The van der Waals surface area contributed by atoms with Gasteiger partial charge in [0, 0.05) is 13.1 Å². The topological polar surface area (TPSA) is 93.7 Å². The molecule has 0 unspecified atom stereocenters. The van der Waals surface area contributed by atoms with Crippen LogP contribution in [0.2, 0.25) is 0 Å². The molecule has 7 nitrogen and oxygen atoms in total. The Bertz CT molecular complexity index is 458. The number of nitro groups is 1. The first-order valence-electron chi connectivity index (χ1n) is 6.21. The van der Waals surface area contributed by atoms with Gasteiger partial charge in [0.25, 0.3) is 0 Å². The Kier molecular flexibility index (Phi) is 4.18. The highest BCUT2D eigenvalue weighted by Gasteiger charge is 2.25. The number of nitrogens with one attached hydrogen (secondary N) is 1. The van der Waals surface area contributed by atoms with E-state index in [9.17, 15) is 10.1 Å². The van der Waals surface area contributed by atoms with E-state index in [4.69, 9.17) is 10.6 Å². The van der Waals surface area contributed by atoms with Gasteiger partial charge in [0.2, 0.25) is 0 Å². The monoisotopic (exact) mass is 266 g/mol. The number of hydrazine groups is 1. The van der Waals surface area contributed by atoms with Crippen molar-refractivity contribution >= 4 is 11.4 Å². The average molecular weight is 266 g/mol. The van der Waals surface area contributed by atoms with Crippen LogP contribution in [0, 0.1) is 10.1 Å². The van der Waals surface area contributed by atoms with Gasteiger partial charge in [-0.2, -0.15) is 0 Å². The summed E-state index contributed by atoms with van der Waals surface area (Å²) in [5.41, 5.74) is 2.48. The molecule has 104 valence electrons. The van der Waals surface area contributed by atoms with Gasteiger partial charge in [0.15, 0.2) is 5.75 Å². The van der Waals surface area contributed by atoms with E-state index in [-0.39, 0.29) is 23.2 Å². The normalized spacial score (nSPS) is 17.2. The minimum Gasteiger partial charge on any atom is -0.483 e. The molecule has 0 aliphatic carbocycles. The molecule has 1 aromatic rings. The number of anilines is 1. The van der Waals surface area contributed by atoms with Crippen LogP contribution in [0.5, 0.6) is 5.75 Å². The standard InChI is InChI=1S/C12H18N4O3/c1-15-7-5-9(6-8-15)19-11-4-2-3-10(14-13)12(11)16(17)18/h2-4,9,14H,5-8,13H2,1H3. The second kappa shape index (κ2) is 5.85. The van der Waals surface area contributed by atoms with E-state index in [1.54, 1.807) is 18.2 Å². The molecule has 2 rings (SSSR count). The third-order valence-electron chi connectivity index (χ3n) is 3.30. The fraction of sp³-hybridized carbons (Fsp3) is 0.500. The lowest BCUT2D eigenvalue weighted by molar-refractivity contribution is -0.385. The van der Waals surface area contributed by atoms with Crippen molar-refractivity contribution in [2.75, 3.05) is 25.6 Å². The first kappa shape index (κ1) is 13.6. The number of piperidine rings is 1. The zero-order valence-corrected chi connectivity index (χ0v) is 10.8. The number of ether oxygens (including phenoxy) is 1. The first-order chi connectivity index (χ1) is 9.11. The molecule has 0 aromatic heterocycles. The molecule has 1 aromatic carbocycles. The van der Waals surface area contributed by atoms with E-state index in [2.05, 4.69) is 17.4 Å². The van der Waals surface area contributed by atoms with Crippen LogP contribution in [0.15, 0.2) is 18.2 Å². The third-order valence-corrected chi connectivity index (χ3v) is 3.30. The second-order valence-corrected chi connectivity index (χ2v) is 4.67. The maximum absolute atomic E-state index is 11.1. The highest BCUT2D eigenvalue weighted by atomic mass is 16.6. The van der Waals surface area contributed by atoms with Gasteiger partial charge in [-0.25, -0.2) is 0 Å². The van der Waals surface area contributed by atoms with Crippen LogP contribution >= 0.6 is 0 Å². The molecule has 0 atom stereocenters. The van der Waals surface area contributed by atoms with Crippen LogP contribution in [0.1, 0.15) is 12.8 Å². The summed E-state index contributed by atoms with van der Waals surface area (Å²) >= 11 is 0. The number of hydrogen-bond acceptors (Lipinski definition) is 6. The summed E-state index contributed by atoms with van der Waals surface area (Å²) in [6, 6.07) is 4.85. The van der Waals surface area contributed by atoms with Crippen LogP contribution < -0.4 is 16.0 Å². The largest absolute Gasteiger partial charge is 0.483 e. The molecule has 1 fully saturated rings. The zero-order chi connectivity index (χ0) is 13.8. The highest BCUT2D eigenvalue weighted by molar-refractivity contribution is 5.67. The van der Waals surface area contributed by atoms with E-state index >= 15 is 0 Å². The molecule has 1 heterocycles. The maximum atomic E-state index is 11.1. The van der Waals surface area contributed by atoms with Crippen molar-refractivity contribution in [1.82, 2.24) is 4.90 Å². The van der Waals surface area contributed by atoms with Crippen LogP contribution in [-0.4, -0.2) is 36.1 Å². The van der Waals surface area contributed by atoms with Gasteiger partial charge in [-0.15, -0.1) is 0 Å². The van der Waals surface area contributed by atoms with Crippen molar-refractivity contribution in [2.24, 2.45) is 5.84 Å². The second-order valence-electron chi connectivity index (χ2n) is 4.67. The first-order valence-corrected chi connectivity index (χ1v) is 6.21. The van der Waals surface area contributed by atoms with Gasteiger partial charge in [-0.3, -0.25) is 16.0 Å². The molecule has 0 bridgehead atoms. The molecule has 0 radical (unpaired) electrons. The summed E-state index contributed by atoms with van der Waals surface area (Å²) in [5, 5.41) is 11.1. The summed E-state index contributed by atoms with van der Waals surface area (Å²) in [6.45, 7) is 1.88. The quantitative estimate of drug-likeness (QED) is 0.485. The van der Waals surface area contributed by atoms with Crippen LogP contribution in [0.25, 0.3) is 0 Å². The number of rotatable bonds is 4. The summed E-state index contributed by atoms with van der Waals surface area (Å²) < 4.78 is 5.77. The van der Waals surface area contributed by atoms with Gasteiger partial charge < -0.3 is 15.1 Å². The van der Waals surface area contributed by atoms with E-state index in [0.29, 0.717) is 0 Å². The summed E-state index contributed by atoms with van der Waals surface area (Å²) in [6.07, 6.45) is 1.75. The predicted octanol–water partition coefficient (Wildman–Crippen LogP) is 1.35. The molecule has 0 saturated carbocycles. The third kappa shape index (κ3) is 3.12. The molecule has 1 saturated heterocycles. The van der Waals surface area contributed by atoms with E-state index in [0.717, 1.165) is 25.9 Å². The van der Waals surface area contributed by atoms with Crippen molar-refractivity contribution in [1.29, 1.82) is 0 Å². The van der Waals surface area contributed by atoms with E-state index in [1.165, 1.54) is 0 Å². The molecule has 1 aliphatic heterocycles. The predicted molar refractivity (Wildman–Crippen MR) is 72.1 cm³/mol. The number of nitrogens with two attached hydrogens (primary N) is 1. The Morgan fingerprint density at radius 1 is 1.47 bits per heavy atom. The van der Waals surface area contributed by atoms with Crippen LogP contribution in [-0.2, 0) is 0 Å². The van der Waals surface area contributed by atoms with Crippen molar-refractivity contribution in [3.05, 3.63) is 28.3 Å². The number of nitrogen functional groups attached to an aromatic ring is 1. The molecule has 1 aliphatic rings. The SMILES string of the molecule is CN1CCC(Oc2cccc(NN)c2[N+](=O)[O-])CC1. The molecular formula is C12H18N4O3. The molecule has 0 spiro atoms. The Labute approximate surface area is 111 Å². The summed E-state index contributed by atoms with van der Waals surface area (Å²) in [5.74, 6) is 5.57. The van der Waals surface area contributed by atoms with Gasteiger partial charge in [-0.05, 0) is 32.0 Å². The number of hydrogen-bond donors (Lipinski definition) is 2. The highest BCUT2D eigenvalue weighted by Crippen LogP contribution is 2.35. The number of likely N-dealkylation sites (tertiary alicyclic amines) is 1. The van der Waals surface area contributed by atoms with E-state index < -0.39 is 4.92 Å². The summed E-state index contributed by atoms with van der Waals surface area (Å²) in [7, 11) is 2.05. The molecule has 3 N–H and O–H groups in total. The van der Waals surface area contributed by atoms with Gasteiger partial charge >= 0.3 is 5.69 Å². The van der Waals surface area contributed by atoms with Crippen LogP contribution in [0.3, 0.4) is 0 Å². The van der Waals surface area contributed by atoms with Gasteiger partial charge in [0.05, 0.1) is 4.92 Å².